The van der Waals surface area contributed by atoms with Crippen molar-refractivity contribution in [2.45, 2.75) is 51.3 Å². The molecule has 0 spiro atoms. The van der Waals surface area contributed by atoms with Crippen molar-refractivity contribution in [1.82, 2.24) is 9.89 Å². The summed E-state index contributed by atoms with van der Waals surface area (Å²) in [6.07, 6.45) is 6.69. The Balaban J connectivity index is 1.65. The van der Waals surface area contributed by atoms with Gasteiger partial charge in [0, 0.05) is 23.4 Å². The number of hydrogen-bond acceptors (Lipinski definition) is 5. The van der Waals surface area contributed by atoms with Crippen LogP contribution in [0.5, 0.6) is 0 Å². The summed E-state index contributed by atoms with van der Waals surface area (Å²) in [4.78, 5) is 20.9. The first-order valence-corrected chi connectivity index (χ1v) is 12.1. The maximum absolute atomic E-state index is 13.1. The monoisotopic (exact) mass is 418 g/mol. The molecule has 7 heteroatoms. The third kappa shape index (κ3) is 5.06. The molecule has 1 aromatic heterocycles. The molecule has 0 atom stereocenters. The quantitative estimate of drug-likeness (QED) is 0.347. The summed E-state index contributed by atoms with van der Waals surface area (Å²) in [5, 5.41) is 4.36. The largest absolute Gasteiger partial charge is 0.306 e. The molecule has 0 bridgehead atoms. The van der Waals surface area contributed by atoms with Gasteiger partial charge in [0.1, 0.15) is 0 Å². The molecule has 0 unspecified atom stereocenters. The Kier molecular flexibility index (Phi) is 7.35. The van der Waals surface area contributed by atoms with E-state index in [4.69, 9.17) is 0 Å². The molecule has 1 N–H and O–H groups in total. The Bertz CT molecular complexity index is 819. The molecule has 0 aliphatic carbocycles. The second-order valence-electron chi connectivity index (χ2n) is 7.61. The van der Waals surface area contributed by atoms with Gasteiger partial charge in [-0.05, 0) is 73.2 Å². The van der Waals surface area contributed by atoms with E-state index in [1.54, 1.807) is 4.79 Å². The van der Waals surface area contributed by atoms with Crippen LogP contribution in [0, 0.1) is 12.8 Å². The fraction of sp³-hybridized carbons (Fsp3) is 0.524. The molecule has 0 saturated heterocycles. The number of anilines is 1. The number of thioether (sulfide) groups is 1. The van der Waals surface area contributed by atoms with E-state index in [9.17, 15) is 4.79 Å². The standard InChI is InChI=1S/C21H30N4OS2/c1-15(2)7-5-6-12-28-18-8-9-19-17(14-18)10-11-24(19)21(26)20-13-16(3)22-25(20)23-27-4/h8-9,13-15,23H,5-7,10-12H2,1-4H3. The summed E-state index contributed by atoms with van der Waals surface area (Å²) < 4.78 is 0. The second-order valence-corrected chi connectivity index (χ2v) is 9.37. The van der Waals surface area contributed by atoms with E-state index in [1.807, 2.05) is 35.9 Å². The predicted molar refractivity (Wildman–Crippen MR) is 121 cm³/mol. The van der Waals surface area contributed by atoms with Crippen molar-refractivity contribution in [2.24, 2.45) is 5.92 Å². The number of unbranched alkanes of at least 4 members (excludes halogenated alkanes) is 1. The van der Waals surface area contributed by atoms with Gasteiger partial charge in [-0.15, -0.1) is 11.8 Å². The highest BCUT2D eigenvalue weighted by molar-refractivity contribution is 7.99. The zero-order chi connectivity index (χ0) is 20.1. The highest BCUT2D eigenvalue weighted by Gasteiger charge is 2.28. The molecule has 2 heterocycles. The third-order valence-corrected chi connectivity index (χ3v) is 6.30. The smallest absolute Gasteiger partial charge is 0.278 e. The summed E-state index contributed by atoms with van der Waals surface area (Å²) in [6, 6.07) is 8.36. The van der Waals surface area contributed by atoms with Crippen molar-refractivity contribution in [3.63, 3.8) is 0 Å². The van der Waals surface area contributed by atoms with Gasteiger partial charge in [0.05, 0.1) is 5.69 Å². The lowest BCUT2D eigenvalue weighted by Crippen LogP contribution is -2.32. The molecule has 1 aliphatic heterocycles. The van der Waals surface area contributed by atoms with Crippen LogP contribution in [0.15, 0.2) is 29.2 Å². The molecule has 1 aromatic carbocycles. The minimum atomic E-state index is -0.00464. The Morgan fingerprint density at radius 2 is 2.11 bits per heavy atom. The van der Waals surface area contributed by atoms with Crippen molar-refractivity contribution in [1.29, 1.82) is 0 Å². The number of benzene rings is 1. The zero-order valence-electron chi connectivity index (χ0n) is 17.2. The molecule has 0 fully saturated rings. The van der Waals surface area contributed by atoms with Gasteiger partial charge in [-0.3, -0.25) is 9.63 Å². The molecule has 1 aliphatic rings. The Morgan fingerprint density at radius 1 is 1.29 bits per heavy atom. The van der Waals surface area contributed by atoms with E-state index in [2.05, 4.69) is 42.0 Å². The maximum Gasteiger partial charge on any atom is 0.278 e. The molecule has 152 valence electrons. The van der Waals surface area contributed by atoms with E-state index in [-0.39, 0.29) is 5.91 Å². The first-order valence-electron chi connectivity index (χ1n) is 9.93. The van der Waals surface area contributed by atoms with Crippen LogP contribution in [0.2, 0.25) is 0 Å². The van der Waals surface area contributed by atoms with Gasteiger partial charge < -0.3 is 4.90 Å². The topological polar surface area (TPSA) is 50.2 Å². The van der Waals surface area contributed by atoms with Crippen LogP contribution in [0.3, 0.4) is 0 Å². The van der Waals surface area contributed by atoms with Crippen molar-refractivity contribution in [2.75, 3.05) is 28.3 Å². The summed E-state index contributed by atoms with van der Waals surface area (Å²) in [5.74, 6) is 1.95. The SMILES string of the molecule is CSNn1nc(C)cc1C(=O)N1CCc2cc(SCCCCC(C)C)ccc21. The Hall–Kier alpha value is -1.60. The summed E-state index contributed by atoms with van der Waals surface area (Å²) >= 11 is 3.35. The van der Waals surface area contributed by atoms with Crippen LogP contribution in [-0.4, -0.2) is 34.4 Å². The number of nitrogens with one attached hydrogen (secondary N) is 1. The number of aryl methyl sites for hydroxylation is 1. The first-order chi connectivity index (χ1) is 13.5. The summed E-state index contributed by atoms with van der Waals surface area (Å²) in [7, 11) is 0. The number of nitrogens with zero attached hydrogens (tertiary/aromatic N) is 3. The number of rotatable bonds is 9. The average molecular weight is 419 g/mol. The van der Waals surface area contributed by atoms with Gasteiger partial charge in [-0.2, -0.15) is 9.89 Å². The molecular formula is C21H30N4OS2. The number of amides is 1. The molecule has 0 radical (unpaired) electrons. The molecule has 1 amide bonds. The lowest BCUT2D eigenvalue weighted by molar-refractivity contribution is 0.0981. The lowest BCUT2D eigenvalue weighted by Gasteiger charge is -2.18. The molecule has 28 heavy (non-hydrogen) atoms. The third-order valence-electron chi connectivity index (χ3n) is 4.86. The van der Waals surface area contributed by atoms with E-state index >= 15 is 0 Å². The van der Waals surface area contributed by atoms with Gasteiger partial charge in [0.15, 0.2) is 5.69 Å². The van der Waals surface area contributed by atoms with E-state index in [1.165, 1.54) is 41.7 Å². The minimum absolute atomic E-state index is 0.00464. The Morgan fingerprint density at radius 3 is 2.86 bits per heavy atom. The summed E-state index contributed by atoms with van der Waals surface area (Å²) in [6.45, 7) is 7.19. The molecule has 5 nitrogen and oxygen atoms in total. The molecule has 3 rings (SSSR count). The van der Waals surface area contributed by atoms with E-state index < -0.39 is 0 Å². The predicted octanol–water partition coefficient (Wildman–Crippen LogP) is 5.13. The summed E-state index contributed by atoms with van der Waals surface area (Å²) in [5.41, 5.74) is 3.70. The van der Waals surface area contributed by atoms with Gasteiger partial charge in [-0.1, -0.05) is 26.7 Å². The van der Waals surface area contributed by atoms with Gasteiger partial charge in [0.25, 0.3) is 5.91 Å². The van der Waals surface area contributed by atoms with Gasteiger partial charge in [-0.25, -0.2) is 0 Å². The highest BCUT2D eigenvalue weighted by atomic mass is 32.2. The van der Waals surface area contributed by atoms with E-state index in [0.717, 1.165) is 36.0 Å². The average Bonchev–Trinajstić information content (AvgIpc) is 3.24. The maximum atomic E-state index is 13.1. The van der Waals surface area contributed by atoms with Crippen LogP contribution in [0.1, 0.15) is 54.9 Å². The van der Waals surface area contributed by atoms with Crippen LogP contribution in [-0.2, 0) is 6.42 Å². The number of carbonyl (C=O) groups excluding carboxylic acids is 1. The van der Waals surface area contributed by atoms with Crippen molar-refractivity contribution in [3.8, 4) is 0 Å². The molecular weight excluding hydrogens is 388 g/mol. The molecule has 0 saturated carbocycles. The fourth-order valence-corrected chi connectivity index (χ4v) is 4.76. The highest BCUT2D eigenvalue weighted by Crippen LogP contribution is 2.33. The second kappa shape index (κ2) is 9.74. The number of carbonyl (C=O) groups is 1. The van der Waals surface area contributed by atoms with Crippen LogP contribution >= 0.6 is 23.7 Å². The van der Waals surface area contributed by atoms with Crippen molar-refractivity contribution < 1.29 is 4.79 Å². The van der Waals surface area contributed by atoms with Gasteiger partial charge >= 0.3 is 0 Å². The normalized spacial score (nSPS) is 13.2. The van der Waals surface area contributed by atoms with Crippen molar-refractivity contribution in [3.05, 3.63) is 41.2 Å². The van der Waals surface area contributed by atoms with Crippen LogP contribution in [0.25, 0.3) is 0 Å². The van der Waals surface area contributed by atoms with Crippen LogP contribution in [0.4, 0.5) is 5.69 Å². The van der Waals surface area contributed by atoms with E-state index in [0.29, 0.717) is 5.69 Å². The molecule has 2 aromatic rings. The fourth-order valence-electron chi connectivity index (χ4n) is 3.47. The minimum Gasteiger partial charge on any atom is -0.306 e. The van der Waals surface area contributed by atoms with Crippen molar-refractivity contribution >= 4 is 35.3 Å². The lowest BCUT2D eigenvalue weighted by atomic mass is 10.1. The number of aromatic nitrogens is 2. The van der Waals surface area contributed by atoms with Gasteiger partial charge in [0.2, 0.25) is 0 Å². The first kappa shape index (κ1) is 21.1. The number of hydrogen-bond donors (Lipinski definition) is 1. The number of fused-ring (bicyclic) bond motifs is 1. The Labute approximate surface area is 176 Å². The van der Waals surface area contributed by atoms with Crippen LogP contribution < -0.4 is 9.73 Å². The zero-order valence-corrected chi connectivity index (χ0v) is 18.8.